The number of carbonyl (C=O) groups excluding carboxylic acids is 2. The molecule has 1 aliphatic carbocycles. The molecule has 0 N–H and O–H groups in total. The number of nitrogens with zero attached hydrogens (tertiary/aromatic N) is 1. The smallest absolute Gasteiger partial charge is 0.204 e. The van der Waals surface area contributed by atoms with Crippen LogP contribution in [0.3, 0.4) is 0 Å². The summed E-state index contributed by atoms with van der Waals surface area (Å²) >= 11 is 1.32. The molecule has 1 aliphatic rings. The second-order valence-electron chi connectivity index (χ2n) is 6.36. The molecule has 4 heteroatoms. The first-order valence-corrected chi connectivity index (χ1v) is 9.14. The van der Waals surface area contributed by atoms with E-state index >= 15 is 0 Å². The van der Waals surface area contributed by atoms with Crippen LogP contribution in [0.4, 0.5) is 0 Å². The van der Waals surface area contributed by atoms with Crippen LogP contribution in [0.5, 0.6) is 0 Å². The normalized spacial score (nSPS) is 14.9. The predicted molar refractivity (Wildman–Crippen MR) is 98.1 cm³/mol. The lowest BCUT2D eigenvalue weighted by Crippen LogP contribution is -2.22. The van der Waals surface area contributed by atoms with Crippen LogP contribution in [0.25, 0.3) is 0 Å². The van der Waals surface area contributed by atoms with E-state index in [1.807, 2.05) is 48.5 Å². The molecule has 0 aliphatic heterocycles. The van der Waals surface area contributed by atoms with E-state index in [0.717, 1.165) is 18.4 Å². The summed E-state index contributed by atoms with van der Waals surface area (Å²) < 4.78 is 0. The fraction of sp³-hybridized carbons (Fsp3) is 0.190. The summed E-state index contributed by atoms with van der Waals surface area (Å²) in [6, 6.07) is 19.1. The number of aromatic nitrogens is 1. The maximum absolute atomic E-state index is 12.8. The van der Waals surface area contributed by atoms with Crippen molar-refractivity contribution in [2.45, 2.75) is 24.7 Å². The lowest BCUT2D eigenvalue weighted by Gasteiger charge is -2.13. The van der Waals surface area contributed by atoms with Gasteiger partial charge in [0.2, 0.25) is 5.78 Å². The van der Waals surface area contributed by atoms with Crippen LogP contribution in [-0.4, -0.2) is 16.6 Å². The van der Waals surface area contributed by atoms with Crippen molar-refractivity contribution in [3.8, 4) is 0 Å². The van der Waals surface area contributed by atoms with E-state index in [4.69, 9.17) is 0 Å². The second kappa shape index (κ2) is 6.37. The molecular formula is C21H17NO2S. The molecule has 0 bridgehead atoms. The van der Waals surface area contributed by atoms with Crippen LogP contribution in [0.15, 0.2) is 66.9 Å². The minimum atomic E-state index is -0.337. The number of hydrogen-bond acceptors (Lipinski definition) is 4. The maximum Gasteiger partial charge on any atom is 0.204 e. The van der Waals surface area contributed by atoms with Gasteiger partial charge in [0, 0.05) is 11.8 Å². The minimum Gasteiger partial charge on any atom is -0.298 e. The number of carbonyl (C=O) groups is 2. The van der Waals surface area contributed by atoms with E-state index in [9.17, 15) is 9.59 Å². The van der Waals surface area contributed by atoms with E-state index in [0.29, 0.717) is 21.9 Å². The van der Waals surface area contributed by atoms with Crippen LogP contribution >= 0.6 is 11.3 Å². The Morgan fingerprint density at radius 3 is 2.24 bits per heavy atom. The lowest BCUT2D eigenvalue weighted by molar-refractivity contribution is -0.120. The van der Waals surface area contributed by atoms with E-state index in [2.05, 4.69) is 4.98 Å². The zero-order valence-corrected chi connectivity index (χ0v) is 14.5. The molecule has 0 spiro atoms. The first kappa shape index (κ1) is 15.9. The summed E-state index contributed by atoms with van der Waals surface area (Å²) in [4.78, 5) is 30.2. The van der Waals surface area contributed by atoms with Crippen molar-refractivity contribution in [2.24, 2.45) is 0 Å². The third kappa shape index (κ3) is 3.05. The molecule has 1 saturated carbocycles. The zero-order chi connectivity index (χ0) is 17.3. The molecule has 0 atom stereocenters. The van der Waals surface area contributed by atoms with Gasteiger partial charge in [0.1, 0.15) is 10.8 Å². The molecule has 0 saturated heterocycles. The molecule has 0 radical (unpaired) electrons. The van der Waals surface area contributed by atoms with Gasteiger partial charge in [-0.1, -0.05) is 60.7 Å². The van der Waals surface area contributed by atoms with Gasteiger partial charge in [0.05, 0.1) is 16.7 Å². The molecule has 0 unspecified atom stereocenters. The van der Waals surface area contributed by atoms with Crippen LogP contribution in [0.1, 0.15) is 38.6 Å². The van der Waals surface area contributed by atoms with Gasteiger partial charge < -0.3 is 0 Å². The van der Waals surface area contributed by atoms with Gasteiger partial charge in [-0.2, -0.15) is 0 Å². The van der Waals surface area contributed by atoms with Crippen LogP contribution in [-0.2, 0) is 16.6 Å². The topological polar surface area (TPSA) is 47.0 Å². The van der Waals surface area contributed by atoms with Crippen molar-refractivity contribution in [3.05, 3.63) is 87.9 Å². The molecule has 4 rings (SSSR count). The Balaban J connectivity index is 1.50. The summed E-state index contributed by atoms with van der Waals surface area (Å²) in [5.74, 6) is 0.160. The molecule has 1 heterocycles. The van der Waals surface area contributed by atoms with E-state index < -0.39 is 0 Å². The summed E-state index contributed by atoms with van der Waals surface area (Å²) in [6.07, 6.45) is 3.68. The fourth-order valence-electron chi connectivity index (χ4n) is 3.15. The van der Waals surface area contributed by atoms with Crippen LogP contribution < -0.4 is 0 Å². The van der Waals surface area contributed by atoms with Gasteiger partial charge in [0.15, 0.2) is 0 Å². The van der Waals surface area contributed by atoms with Crippen molar-refractivity contribution in [1.29, 1.82) is 0 Å². The van der Waals surface area contributed by atoms with E-state index in [1.165, 1.54) is 11.3 Å². The number of benzene rings is 2. The SMILES string of the molecule is O=C(c1ccccc1)c1cnc(CC(=O)C2(c3ccccc3)CC2)s1. The highest BCUT2D eigenvalue weighted by atomic mass is 32.1. The molecule has 0 amide bonds. The highest BCUT2D eigenvalue weighted by molar-refractivity contribution is 7.13. The highest BCUT2D eigenvalue weighted by Gasteiger charge is 2.50. The Morgan fingerprint density at radius 1 is 0.960 bits per heavy atom. The van der Waals surface area contributed by atoms with Crippen LogP contribution in [0, 0.1) is 0 Å². The molecule has 2 aromatic carbocycles. The van der Waals surface area contributed by atoms with Gasteiger partial charge in [0.25, 0.3) is 0 Å². The molecule has 1 aromatic heterocycles. The Labute approximate surface area is 150 Å². The van der Waals surface area contributed by atoms with Gasteiger partial charge >= 0.3 is 0 Å². The summed E-state index contributed by atoms with van der Waals surface area (Å²) in [7, 11) is 0. The molecule has 25 heavy (non-hydrogen) atoms. The largest absolute Gasteiger partial charge is 0.298 e. The Bertz CT molecular complexity index is 911. The zero-order valence-electron chi connectivity index (χ0n) is 13.6. The van der Waals surface area contributed by atoms with Crippen molar-refractivity contribution in [3.63, 3.8) is 0 Å². The predicted octanol–water partition coefficient (Wildman–Crippen LogP) is 4.22. The van der Waals surface area contributed by atoms with Gasteiger partial charge in [-0.25, -0.2) is 4.98 Å². The third-order valence-electron chi connectivity index (χ3n) is 4.74. The van der Waals surface area contributed by atoms with Gasteiger partial charge in [-0.3, -0.25) is 9.59 Å². The van der Waals surface area contributed by atoms with Crippen molar-refractivity contribution in [1.82, 2.24) is 4.98 Å². The van der Waals surface area contributed by atoms with Gasteiger partial charge in [-0.05, 0) is 18.4 Å². The quantitative estimate of drug-likeness (QED) is 0.627. The number of thiazole rings is 1. The van der Waals surface area contributed by atoms with E-state index in [1.54, 1.807) is 18.3 Å². The highest BCUT2D eigenvalue weighted by Crippen LogP contribution is 2.49. The molecule has 124 valence electrons. The molecule has 3 aromatic rings. The average Bonchev–Trinajstić information content (AvgIpc) is 3.36. The minimum absolute atomic E-state index is 0.0407. The average molecular weight is 347 g/mol. The Morgan fingerprint density at radius 2 is 1.60 bits per heavy atom. The lowest BCUT2D eigenvalue weighted by atomic mass is 9.90. The van der Waals surface area contributed by atoms with Crippen LogP contribution in [0.2, 0.25) is 0 Å². The first-order valence-electron chi connectivity index (χ1n) is 8.32. The standard InChI is InChI=1S/C21H17NO2S/c23-18(21(11-12-21)16-9-5-2-6-10-16)13-19-22-14-17(25-19)20(24)15-7-3-1-4-8-15/h1-10,14H,11-13H2. The summed E-state index contributed by atoms with van der Waals surface area (Å²) in [5.41, 5.74) is 1.40. The van der Waals surface area contributed by atoms with Crippen molar-refractivity contribution in [2.75, 3.05) is 0 Å². The number of rotatable bonds is 6. The first-order chi connectivity index (χ1) is 12.2. The molecular weight excluding hydrogens is 330 g/mol. The third-order valence-corrected chi connectivity index (χ3v) is 5.73. The summed E-state index contributed by atoms with van der Waals surface area (Å²) in [6.45, 7) is 0. The Hall–Kier alpha value is -2.59. The van der Waals surface area contributed by atoms with E-state index in [-0.39, 0.29) is 17.0 Å². The van der Waals surface area contributed by atoms with Gasteiger partial charge in [-0.15, -0.1) is 11.3 Å². The number of hydrogen-bond donors (Lipinski definition) is 0. The molecule has 1 fully saturated rings. The number of Topliss-reactive ketones (excluding diaryl/α,β-unsaturated/α-hetero) is 1. The second-order valence-corrected chi connectivity index (χ2v) is 7.48. The maximum atomic E-state index is 12.8. The monoisotopic (exact) mass is 347 g/mol. The molecule has 3 nitrogen and oxygen atoms in total. The summed E-state index contributed by atoms with van der Waals surface area (Å²) in [5, 5.41) is 0.714. The van der Waals surface area contributed by atoms with Crippen molar-refractivity contribution < 1.29 is 9.59 Å². The fourth-order valence-corrected chi connectivity index (χ4v) is 4.02. The Kier molecular flexibility index (Phi) is 4.06. The van der Waals surface area contributed by atoms with Crippen molar-refractivity contribution >= 4 is 22.9 Å². The number of ketones is 2.